The van der Waals surface area contributed by atoms with Crippen molar-refractivity contribution in [3.8, 4) is 11.5 Å². The maximum absolute atomic E-state index is 12.9. The van der Waals surface area contributed by atoms with Crippen LogP contribution >= 0.6 is 0 Å². The van der Waals surface area contributed by atoms with Gasteiger partial charge in [-0.2, -0.15) is 0 Å². The van der Waals surface area contributed by atoms with Gasteiger partial charge in [0.05, 0.1) is 27.2 Å². The molecule has 140 valence electrons. The maximum Gasteiger partial charge on any atom is 0.310 e. The zero-order valence-corrected chi connectivity index (χ0v) is 15.5. The van der Waals surface area contributed by atoms with Crippen molar-refractivity contribution in [3.63, 3.8) is 0 Å². The van der Waals surface area contributed by atoms with Crippen molar-refractivity contribution in [2.75, 3.05) is 48.1 Å². The number of benzene rings is 1. The van der Waals surface area contributed by atoms with Crippen LogP contribution in [0.4, 0.5) is 0 Å². The second-order valence-corrected chi connectivity index (χ2v) is 5.62. The highest BCUT2D eigenvalue weighted by Gasteiger charge is 2.23. The lowest BCUT2D eigenvalue weighted by Gasteiger charge is -2.25. The van der Waals surface area contributed by atoms with Gasteiger partial charge in [-0.1, -0.05) is 6.92 Å². The fourth-order valence-corrected chi connectivity index (χ4v) is 2.40. The second kappa shape index (κ2) is 10.6. The van der Waals surface area contributed by atoms with Crippen LogP contribution in [0.5, 0.6) is 11.5 Å². The number of ether oxygens (including phenoxy) is 4. The quantitative estimate of drug-likeness (QED) is 0.473. The van der Waals surface area contributed by atoms with Crippen LogP contribution in [-0.2, 0) is 14.3 Å². The number of esters is 1. The van der Waals surface area contributed by atoms with Crippen molar-refractivity contribution in [1.29, 1.82) is 0 Å². The number of methoxy groups -OCH3 is 4. The number of carbonyl (C=O) groups excluding carboxylic acids is 2. The molecule has 1 rings (SSSR count). The Kier molecular flexibility index (Phi) is 8.77. The normalized spacial score (nSPS) is 11.6. The summed E-state index contributed by atoms with van der Waals surface area (Å²) in [7, 11) is 6.00. The summed E-state index contributed by atoms with van der Waals surface area (Å²) in [6, 6.07) is 5.00. The van der Waals surface area contributed by atoms with Gasteiger partial charge >= 0.3 is 5.97 Å². The van der Waals surface area contributed by atoms with Crippen molar-refractivity contribution >= 4 is 11.9 Å². The number of hydrogen-bond acceptors (Lipinski definition) is 6. The summed E-state index contributed by atoms with van der Waals surface area (Å²) < 4.78 is 20.2. The van der Waals surface area contributed by atoms with E-state index in [0.29, 0.717) is 36.6 Å². The molecule has 0 spiro atoms. The third kappa shape index (κ3) is 6.26. The third-order valence-corrected chi connectivity index (χ3v) is 3.76. The molecule has 25 heavy (non-hydrogen) atoms. The van der Waals surface area contributed by atoms with Gasteiger partial charge in [0.25, 0.3) is 5.91 Å². The fourth-order valence-electron chi connectivity index (χ4n) is 2.40. The molecule has 1 atom stereocenters. The third-order valence-electron chi connectivity index (χ3n) is 3.76. The standard InChI is InChI=1S/C18H27NO6/c1-13(18(21)25-5)12-19(7-6-8-22-2)17(20)14-9-15(23-3)11-16(10-14)24-4/h9-11,13H,6-8,12H2,1-5H3. The van der Waals surface area contributed by atoms with Crippen LogP contribution in [0.2, 0.25) is 0 Å². The van der Waals surface area contributed by atoms with E-state index in [2.05, 4.69) is 0 Å². The van der Waals surface area contributed by atoms with Gasteiger partial charge in [-0.3, -0.25) is 9.59 Å². The number of hydrogen-bond donors (Lipinski definition) is 0. The van der Waals surface area contributed by atoms with Gasteiger partial charge in [0.1, 0.15) is 11.5 Å². The van der Waals surface area contributed by atoms with E-state index in [9.17, 15) is 9.59 Å². The molecule has 0 saturated heterocycles. The molecule has 0 bridgehead atoms. The molecule has 0 aromatic heterocycles. The number of rotatable bonds is 10. The van der Waals surface area contributed by atoms with Gasteiger partial charge in [0.2, 0.25) is 0 Å². The minimum atomic E-state index is -0.427. The largest absolute Gasteiger partial charge is 0.497 e. The smallest absolute Gasteiger partial charge is 0.310 e. The van der Waals surface area contributed by atoms with E-state index < -0.39 is 5.92 Å². The molecule has 0 fully saturated rings. The molecule has 0 N–H and O–H groups in total. The Balaban J connectivity index is 3.02. The van der Waals surface area contributed by atoms with E-state index in [1.165, 1.54) is 21.3 Å². The highest BCUT2D eigenvalue weighted by Crippen LogP contribution is 2.24. The Morgan fingerprint density at radius 1 is 1.04 bits per heavy atom. The summed E-state index contributed by atoms with van der Waals surface area (Å²) >= 11 is 0. The van der Waals surface area contributed by atoms with Gasteiger partial charge in [0, 0.05) is 38.4 Å². The van der Waals surface area contributed by atoms with Gasteiger partial charge in [-0.15, -0.1) is 0 Å². The Labute approximate surface area is 148 Å². The van der Waals surface area contributed by atoms with Crippen LogP contribution < -0.4 is 9.47 Å². The highest BCUT2D eigenvalue weighted by atomic mass is 16.5. The predicted octanol–water partition coefficient (Wildman–Crippen LogP) is 1.99. The van der Waals surface area contributed by atoms with Crippen LogP contribution in [-0.4, -0.2) is 64.9 Å². The molecule has 0 saturated carbocycles. The lowest BCUT2D eigenvalue weighted by atomic mass is 10.1. The molecule has 0 radical (unpaired) electrons. The van der Waals surface area contributed by atoms with Crippen LogP contribution in [0.15, 0.2) is 18.2 Å². The van der Waals surface area contributed by atoms with Crippen LogP contribution in [0.3, 0.4) is 0 Å². The van der Waals surface area contributed by atoms with Crippen LogP contribution in [0.1, 0.15) is 23.7 Å². The molecular formula is C18H27NO6. The van der Waals surface area contributed by atoms with E-state index >= 15 is 0 Å². The second-order valence-electron chi connectivity index (χ2n) is 5.62. The van der Waals surface area contributed by atoms with Gasteiger partial charge in [-0.05, 0) is 18.6 Å². The number of nitrogens with zero attached hydrogens (tertiary/aromatic N) is 1. The first-order chi connectivity index (χ1) is 12.0. The van der Waals surface area contributed by atoms with E-state index in [-0.39, 0.29) is 18.4 Å². The topological polar surface area (TPSA) is 74.3 Å². The summed E-state index contributed by atoms with van der Waals surface area (Å²) in [5, 5.41) is 0. The SMILES string of the molecule is COCCCN(CC(C)C(=O)OC)C(=O)c1cc(OC)cc(OC)c1. The first-order valence-corrected chi connectivity index (χ1v) is 8.05. The Hall–Kier alpha value is -2.28. The van der Waals surface area contributed by atoms with Crippen molar-refractivity contribution < 1.29 is 28.5 Å². The van der Waals surface area contributed by atoms with E-state index in [4.69, 9.17) is 18.9 Å². The van der Waals surface area contributed by atoms with Crippen molar-refractivity contribution in [1.82, 2.24) is 4.90 Å². The highest BCUT2D eigenvalue weighted by molar-refractivity contribution is 5.95. The summed E-state index contributed by atoms with van der Waals surface area (Å²) in [6.45, 7) is 2.98. The van der Waals surface area contributed by atoms with E-state index in [1.54, 1.807) is 37.1 Å². The molecule has 1 unspecified atom stereocenters. The summed E-state index contributed by atoms with van der Waals surface area (Å²) in [6.07, 6.45) is 0.664. The Morgan fingerprint density at radius 2 is 1.64 bits per heavy atom. The maximum atomic E-state index is 12.9. The summed E-state index contributed by atoms with van der Waals surface area (Å²) in [5.41, 5.74) is 0.436. The molecule has 7 nitrogen and oxygen atoms in total. The average Bonchev–Trinajstić information content (AvgIpc) is 2.65. The zero-order valence-electron chi connectivity index (χ0n) is 15.5. The average molecular weight is 353 g/mol. The van der Waals surface area contributed by atoms with E-state index in [0.717, 1.165) is 0 Å². The van der Waals surface area contributed by atoms with Gasteiger partial charge < -0.3 is 23.8 Å². The molecule has 7 heteroatoms. The lowest BCUT2D eigenvalue weighted by molar-refractivity contribution is -0.145. The monoisotopic (exact) mass is 353 g/mol. The minimum Gasteiger partial charge on any atom is -0.497 e. The van der Waals surface area contributed by atoms with Crippen molar-refractivity contribution in [2.45, 2.75) is 13.3 Å². The summed E-state index contributed by atoms with van der Waals surface area (Å²) in [5.74, 6) is 0.0712. The van der Waals surface area contributed by atoms with Crippen molar-refractivity contribution in [2.24, 2.45) is 5.92 Å². The minimum absolute atomic E-state index is 0.205. The number of carbonyl (C=O) groups is 2. The first-order valence-electron chi connectivity index (χ1n) is 8.05. The molecule has 0 aliphatic carbocycles. The van der Waals surface area contributed by atoms with Crippen molar-refractivity contribution in [3.05, 3.63) is 23.8 Å². The fraction of sp³-hybridized carbons (Fsp3) is 0.556. The molecule has 0 aliphatic heterocycles. The van der Waals surface area contributed by atoms with Gasteiger partial charge in [0.15, 0.2) is 0 Å². The summed E-state index contributed by atoms with van der Waals surface area (Å²) in [4.78, 5) is 26.3. The zero-order chi connectivity index (χ0) is 18.8. The molecular weight excluding hydrogens is 326 g/mol. The van der Waals surface area contributed by atoms with Crippen LogP contribution in [0.25, 0.3) is 0 Å². The molecule has 1 amide bonds. The molecule has 1 aromatic carbocycles. The Bertz CT molecular complexity index is 552. The van der Waals surface area contributed by atoms with E-state index in [1.807, 2.05) is 0 Å². The lowest BCUT2D eigenvalue weighted by Crippen LogP contribution is -2.38. The first kappa shape index (κ1) is 20.8. The molecule has 0 heterocycles. The number of amides is 1. The molecule has 0 aliphatic rings. The van der Waals surface area contributed by atoms with Gasteiger partial charge in [-0.25, -0.2) is 0 Å². The van der Waals surface area contributed by atoms with Crippen LogP contribution in [0, 0.1) is 5.92 Å². The molecule has 1 aromatic rings. The predicted molar refractivity (Wildman–Crippen MR) is 93.1 cm³/mol. The Morgan fingerprint density at radius 3 is 2.12 bits per heavy atom.